The van der Waals surface area contributed by atoms with Gasteiger partial charge in [0.05, 0.1) is 12.7 Å². The van der Waals surface area contributed by atoms with E-state index >= 15 is 0 Å². The first kappa shape index (κ1) is 23.0. The van der Waals surface area contributed by atoms with E-state index in [1.54, 1.807) is 6.26 Å². The number of nitrogens with zero attached hydrogens (tertiary/aromatic N) is 3. The number of hydrogen-bond donors (Lipinski definition) is 2. The number of carboxylic acid groups (broad SMARTS) is 1. The van der Waals surface area contributed by atoms with Crippen molar-refractivity contribution in [3.8, 4) is 11.5 Å². The number of amides is 1. The number of piperidine rings is 3. The van der Waals surface area contributed by atoms with Crippen molar-refractivity contribution in [2.24, 2.45) is 11.3 Å². The highest BCUT2D eigenvalue weighted by atomic mass is 16.4. The van der Waals surface area contributed by atoms with Crippen molar-refractivity contribution in [3.05, 3.63) is 36.0 Å². The van der Waals surface area contributed by atoms with Gasteiger partial charge in [-0.2, -0.15) is 0 Å². The van der Waals surface area contributed by atoms with E-state index in [1.165, 1.54) is 0 Å². The van der Waals surface area contributed by atoms with Crippen LogP contribution in [-0.2, 0) is 9.59 Å². The largest absolute Gasteiger partial charge is 0.481 e. The van der Waals surface area contributed by atoms with Gasteiger partial charge in [-0.25, -0.2) is 9.97 Å². The number of carbonyl (C=O) groups excluding carboxylic acids is 1. The van der Waals surface area contributed by atoms with Crippen LogP contribution in [-0.4, -0.2) is 57.5 Å². The van der Waals surface area contributed by atoms with Gasteiger partial charge >= 0.3 is 5.97 Å². The molecule has 5 heterocycles. The monoisotopic (exact) mass is 466 g/mol. The molecular formula is C26H34N4O4. The quantitative estimate of drug-likeness (QED) is 0.610. The average molecular weight is 467 g/mol. The predicted octanol–water partition coefficient (Wildman–Crippen LogP) is 3.76. The number of aryl methyl sites for hydroxylation is 1. The molecule has 2 N–H and O–H groups in total. The minimum absolute atomic E-state index is 0.00291. The summed E-state index contributed by atoms with van der Waals surface area (Å²) in [6, 6.07) is 6.19. The van der Waals surface area contributed by atoms with Crippen LogP contribution in [0.1, 0.15) is 68.8 Å². The highest BCUT2D eigenvalue weighted by Crippen LogP contribution is 2.44. The Hall–Kier alpha value is -2.74. The van der Waals surface area contributed by atoms with Crippen LogP contribution >= 0.6 is 0 Å². The zero-order valence-corrected chi connectivity index (χ0v) is 19.8. The Kier molecular flexibility index (Phi) is 6.42. The zero-order chi connectivity index (χ0) is 23.7. The Labute approximate surface area is 200 Å². The third-order valence-electron chi connectivity index (χ3n) is 8.15. The highest BCUT2D eigenvalue weighted by molar-refractivity contribution is 5.78. The van der Waals surface area contributed by atoms with E-state index in [2.05, 4.69) is 21.3 Å². The van der Waals surface area contributed by atoms with Gasteiger partial charge in [-0.05, 0) is 68.7 Å². The first-order chi connectivity index (χ1) is 16.4. The molecule has 2 bridgehead atoms. The van der Waals surface area contributed by atoms with E-state index in [4.69, 9.17) is 9.40 Å². The maximum absolute atomic E-state index is 12.8. The first-order valence-electron chi connectivity index (χ1n) is 12.5. The van der Waals surface area contributed by atoms with E-state index in [9.17, 15) is 14.7 Å². The summed E-state index contributed by atoms with van der Waals surface area (Å²) in [7, 11) is 0. The third kappa shape index (κ3) is 4.87. The summed E-state index contributed by atoms with van der Waals surface area (Å²) in [5.41, 5.74) is 1.55. The minimum Gasteiger partial charge on any atom is -0.481 e. The number of aliphatic carboxylic acids is 1. The molecule has 1 amide bonds. The van der Waals surface area contributed by atoms with E-state index in [0.29, 0.717) is 30.8 Å². The number of rotatable bonds is 8. The fourth-order valence-electron chi connectivity index (χ4n) is 6.51. The molecule has 2 aromatic rings. The van der Waals surface area contributed by atoms with Crippen LogP contribution in [0.2, 0.25) is 0 Å². The molecule has 0 spiro atoms. The van der Waals surface area contributed by atoms with Gasteiger partial charge in [0.1, 0.15) is 11.5 Å². The number of carboxylic acids is 1. The van der Waals surface area contributed by atoms with Crippen LogP contribution in [0.4, 0.5) is 0 Å². The third-order valence-corrected chi connectivity index (χ3v) is 8.15. The topological polar surface area (TPSA) is 109 Å². The molecule has 4 atom stereocenters. The second kappa shape index (κ2) is 9.49. The van der Waals surface area contributed by atoms with E-state index in [0.717, 1.165) is 74.6 Å². The first-order valence-corrected chi connectivity index (χ1v) is 12.5. The molecule has 182 valence electrons. The minimum atomic E-state index is -0.799. The standard InChI is InChI=1S/C26H34N4O4/c1-17-28-21(12-22(29-17)23-5-4-10-34-23)20-16-30-9-6-18(20)11-19(30)15-27-24(31)13-26(14-25(32)33)7-2-3-8-26/h4-5,10,12,18-20H,2-3,6-9,11,13-16H2,1H3,(H,27,31)(H,32,33). The predicted molar refractivity (Wildman–Crippen MR) is 126 cm³/mol. The van der Waals surface area contributed by atoms with Crippen LogP contribution in [0, 0.1) is 18.3 Å². The molecule has 0 aromatic carbocycles. The summed E-state index contributed by atoms with van der Waals surface area (Å²) in [4.78, 5) is 35.9. The average Bonchev–Trinajstić information content (AvgIpc) is 3.50. The molecule has 6 rings (SSSR count). The fourth-order valence-corrected chi connectivity index (χ4v) is 6.51. The number of nitrogens with one attached hydrogen (secondary N) is 1. The second-order valence-electron chi connectivity index (χ2n) is 10.5. The number of aromatic nitrogens is 2. The van der Waals surface area contributed by atoms with Gasteiger partial charge < -0.3 is 14.8 Å². The summed E-state index contributed by atoms with van der Waals surface area (Å²) >= 11 is 0. The lowest BCUT2D eigenvalue weighted by atomic mass is 9.74. The zero-order valence-electron chi connectivity index (χ0n) is 19.8. The lowest BCUT2D eigenvalue weighted by Gasteiger charge is -2.49. The molecule has 0 radical (unpaired) electrons. The second-order valence-corrected chi connectivity index (χ2v) is 10.5. The maximum Gasteiger partial charge on any atom is 0.303 e. The van der Waals surface area contributed by atoms with Gasteiger partial charge in [0.25, 0.3) is 0 Å². The molecule has 4 unspecified atom stereocenters. The summed E-state index contributed by atoms with van der Waals surface area (Å²) < 4.78 is 5.55. The molecule has 2 aromatic heterocycles. The lowest BCUT2D eigenvalue weighted by molar-refractivity contribution is -0.140. The summed E-state index contributed by atoms with van der Waals surface area (Å²) in [6.45, 7) is 4.53. The Morgan fingerprint density at radius 2 is 2.09 bits per heavy atom. The van der Waals surface area contributed by atoms with Crippen molar-refractivity contribution in [1.29, 1.82) is 0 Å². The van der Waals surface area contributed by atoms with Crippen LogP contribution in [0.15, 0.2) is 28.9 Å². The summed E-state index contributed by atoms with van der Waals surface area (Å²) in [6.07, 6.45) is 7.96. The number of fused-ring (bicyclic) bond motifs is 3. The lowest BCUT2D eigenvalue weighted by Crippen LogP contribution is -2.56. The van der Waals surface area contributed by atoms with Gasteiger partial charge in [-0.1, -0.05) is 12.8 Å². The Balaban J connectivity index is 1.20. The van der Waals surface area contributed by atoms with Gasteiger partial charge in [0.15, 0.2) is 5.76 Å². The normalized spacial score (nSPS) is 27.6. The number of carbonyl (C=O) groups is 2. The molecular weight excluding hydrogens is 432 g/mol. The molecule has 3 aliphatic heterocycles. The van der Waals surface area contributed by atoms with E-state index < -0.39 is 5.97 Å². The van der Waals surface area contributed by atoms with Crippen molar-refractivity contribution in [2.75, 3.05) is 19.6 Å². The number of hydrogen-bond acceptors (Lipinski definition) is 6. The van der Waals surface area contributed by atoms with Crippen molar-refractivity contribution >= 4 is 11.9 Å². The van der Waals surface area contributed by atoms with Crippen molar-refractivity contribution in [2.45, 2.75) is 70.3 Å². The molecule has 34 heavy (non-hydrogen) atoms. The van der Waals surface area contributed by atoms with Crippen molar-refractivity contribution in [3.63, 3.8) is 0 Å². The molecule has 1 aliphatic carbocycles. The van der Waals surface area contributed by atoms with Crippen LogP contribution in [0.25, 0.3) is 11.5 Å². The van der Waals surface area contributed by atoms with Crippen molar-refractivity contribution in [1.82, 2.24) is 20.2 Å². The van der Waals surface area contributed by atoms with E-state index in [1.807, 2.05) is 19.1 Å². The smallest absolute Gasteiger partial charge is 0.303 e. The van der Waals surface area contributed by atoms with Crippen LogP contribution < -0.4 is 5.32 Å². The highest BCUT2D eigenvalue weighted by Gasteiger charge is 2.42. The van der Waals surface area contributed by atoms with Crippen LogP contribution in [0.5, 0.6) is 0 Å². The number of furan rings is 1. The molecule has 4 aliphatic rings. The fraction of sp³-hybridized carbons (Fsp3) is 0.615. The van der Waals surface area contributed by atoms with Gasteiger partial charge in [-0.3, -0.25) is 14.5 Å². The molecule has 8 heteroatoms. The summed E-state index contributed by atoms with van der Waals surface area (Å²) in [5, 5.41) is 12.5. The van der Waals surface area contributed by atoms with Gasteiger partial charge in [0.2, 0.25) is 5.91 Å². The Morgan fingerprint density at radius 1 is 1.26 bits per heavy atom. The molecule has 8 nitrogen and oxygen atoms in total. The van der Waals surface area contributed by atoms with Gasteiger partial charge in [-0.15, -0.1) is 0 Å². The molecule has 1 saturated carbocycles. The molecule has 3 saturated heterocycles. The van der Waals surface area contributed by atoms with E-state index in [-0.39, 0.29) is 17.7 Å². The SMILES string of the molecule is Cc1nc(-c2ccco2)cc(C2CN3CCC2CC3CNC(=O)CC2(CC(=O)O)CCCC2)n1. The maximum atomic E-state index is 12.8. The Morgan fingerprint density at radius 3 is 2.76 bits per heavy atom. The summed E-state index contributed by atoms with van der Waals surface area (Å²) in [5.74, 6) is 1.60. The molecule has 4 fully saturated rings. The van der Waals surface area contributed by atoms with Crippen LogP contribution in [0.3, 0.4) is 0 Å². The Bertz CT molecular complexity index is 1030. The van der Waals surface area contributed by atoms with Crippen molar-refractivity contribution < 1.29 is 19.1 Å². The van der Waals surface area contributed by atoms with Gasteiger partial charge in [0, 0.05) is 37.2 Å².